The van der Waals surface area contributed by atoms with E-state index in [1.54, 1.807) is 25.3 Å². The summed E-state index contributed by atoms with van der Waals surface area (Å²) < 4.78 is 16.2. The highest BCUT2D eigenvalue weighted by Gasteiger charge is 2.38. The molecule has 1 heterocycles. The first kappa shape index (κ1) is 19.8. The minimum atomic E-state index is -0.982. The number of hydrogen-bond acceptors (Lipinski definition) is 5. The zero-order valence-corrected chi connectivity index (χ0v) is 15.2. The number of carboxylic acid groups (broad SMARTS) is 1. The monoisotopic (exact) mass is 363 g/mol. The Morgan fingerprint density at radius 3 is 2.65 bits per heavy atom. The first-order valence-electron chi connectivity index (χ1n) is 8.50. The Kier molecular flexibility index (Phi) is 7.03. The van der Waals surface area contributed by atoms with Crippen molar-refractivity contribution in [2.45, 2.75) is 25.3 Å². The quantitative estimate of drug-likeness (QED) is 0.506. The Bertz CT molecular complexity index is 672. The minimum Gasteiger partial charge on any atom is -0.493 e. The van der Waals surface area contributed by atoms with Crippen molar-refractivity contribution in [2.24, 2.45) is 0 Å². The predicted octanol–water partition coefficient (Wildman–Crippen LogP) is 2.14. The van der Waals surface area contributed by atoms with E-state index in [2.05, 4.69) is 6.58 Å². The lowest BCUT2D eigenvalue weighted by Gasteiger charge is -2.38. The molecule has 0 unspecified atom stereocenters. The normalized spacial score (nSPS) is 15.9. The zero-order valence-electron chi connectivity index (χ0n) is 15.2. The lowest BCUT2D eigenvalue weighted by Crippen LogP contribution is -2.55. The molecule has 1 N–H and O–H groups in total. The van der Waals surface area contributed by atoms with Gasteiger partial charge in [0.2, 0.25) is 0 Å². The molecule has 0 bridgehead atoms. The molecular weight excluding hydrogens is 338 g/mol. The molecule has 7 nitrogen and oxygen atoms in total. The molecule has 2 rings (SSSR count). The van der Waals surface area contributed by atoms with Crippen LogP contribution >= 0.6 is 0 Å². The maximum atomic E-state index is 12.7. The number of aryl methyl sites for hydroxylation is 1. The number of hydrogen-bond donors (Lipinski definition) is 1. The number of amides is 1. The van der Waals surface area contributed by atoms with Crippen molar-refractivity contribution in [2.75, 3.05) is 34.0 Å². The molecule has 7 heteroatoms. The van der Waals surface area contributed by atoms with E-state index in [9.17, 15) is 9.59 Å². The Labute approximate surface area is 153 Å². The van der Waals surface area contributed by atoms with Crippen LogP contribution in [0.5, 0.6) is 11.5 Å². The molecule has 142 valence electrons. The first-order valence-corrected chi connectivity index (χ1v) is 8.50. The maximum Gasteiger partial charge on any atom is 0.326 e. The number of aliphatic carboxylic acids is 1. The Balaban J connectivity index is 2.21. The van der Waals surface area contributed by atoms with Crippen molar-refractivity contribution in [1.82, 2.24) is 4.90 Å². The maximum absolute atomic E-state index is 12.7. The summed E-state index contributed by atoms with van der Waals surface area (Å²) in [5, 5.41) is 9.16. The van der Waals surface area contributed by atoms with Crippen LogP contribution in [0.15, 0.2) is 24.8 Å². The third-order valence-corrected chi connectivity index (χ3v) is 4.34. The summed E-state index contributed by atoms with van der Waals surface area (Å²) in [6.07, 6.45) is 3.54. The molecule has 1 atom stereocenters. The summed E-state index contributed by atoms with van der Waals surface area (Å²) in [4.78, 5) is 25.3. The van der Waals surface area contributed by atoms with E-state index in [1.807, 2.05) is 0 Å². The van der Waals surface area contributed by atoms with E-state index < -0.39 is 12.0 Å². The van der Waals surface area contributed by atoms with Crippen LogP contribution < -0.4 is 9.47 Å². The molecule has 0 radical (unpaired) electrons. The van der Waals surface area contributed by atoms with Crippen LogP contribution in [0.2, 0.25) is 0 Å². The second-order valence-electron chi connectivity index (χ2n) is 5.98. The topological polar surface area (TPSA) is 85.3 Å². The van der Waals surface area contributed by atoms with Gasteiger partial charge in [0, 0.05) is 18.7 Å². The van der Waals surface area contributed by atoms with E-state index in [-0.39, 0.29) is 5.91 Å². The fraction of sp³-hybridized carbons (Fsp3) is 0.474. The molecular formula is C19H25NO6. The van der Waals surface area contributed by atoms with Crippen molar-refractivity contribution in [1.29, 1.82) is 0 Å². The summed E-state index contributed by atoms with van der Waals surface area (Å²) in [5.41, 5.74) is 1.22. The van der Waals surface area contributed by atoms with Crippen LogP contribution in [0.4, 0.5) is 0 Å². The highest BCUT2D eigenvalue weighted by molar-refractivity contribution is 5.98. The molecule has 1 saturated heterocycles. The molecule has 0 aromatic heterocycles. The van der Waals surface area contributed by atoms with E-state index in [0.29, 0.717) is 49.7 Å². The van der Waals surface area contributed by atoms with Crippen molar-refractivity contribution in [3.8, 4) is 11.5 Å². The van der Waals surface area contributed by atoms with E-state index >= 15 is 0 Å². The molecule has 1 aliphatic rings. The fourth-order valence-corrected chi connectivity index (χ4v) is 2.94. The zero-order chi connectivity index (χ0) is 19.1. The van der Waals surface area contributed by atoms with Gasteiger partial charge in [-0.1, -0.05) is 6.08 Å². The van der Waals surface area contributed by atoms with Crippen LogP contribution in [-0.2, 0) is 16.0 Å². The van der Waals surface area contributed by atoms with Gasteiger partial charge >= 0.3 is 5.97 Å². The number of carboxylic acids is 1. The molecule has 26 heavy (non-hydrogen) atoms. The SMILES string of the molecule is C=CCOCCCc1cc(C(=O)N2CC[C@@H]2C(=O)O)cc(OC)c1OC. The van der Waals surface area contributed by atoms with Gasteiger partial charge in [-0.05, 0) is 37.0 Å². The summed E-state index contributed by atoms with van der Waals surface area (Å²) >= 11 is 0. The second kappa shape index (κ2) is 9.24. The average Bonchev–Trinajstić information content (AvgIpc) is 2.59. The highest BCUT2D eigenvalue weighted by Crippen LogP contribution is 2.34. The number of methoxy groups -OCH3 is 2. The highest BCUT2D eigenvalue weighted by atomic mass is 16.5. The molecule has 0 aliphatic carbocycles. The van der Waals surface area contributed by atoms with Gasteiger partial charge in [0.25, 0.3) is 5.91 Å². The summed E-state index contributed by atoms with van der Waals surface area (Å²) in [5.74, 6) is -0.266. The number of likely N-dealkylation sites (tertiary alicyclic amines) is 1. The van der Waals surface area contributed by atoms with Crippen LogP contribution in [-0.4, -0.2) is 61.9 Å². The van der Waals surface area contributed by atoms with Gasteiger partial charge in [-0.3, -0.25) is 4.79 Å². The average molecular weight is 363 g/mol. The van der Waals surface area contributed by atoms with Crippen molar-refractivity contribution in [3.63, 3.8) is 0 Å². The molecule has 1 aliphatic heterocycles. The van der Waals surface area contributed by atoms with Gasteiger partial charge in [0.05, 0.1) is 20.8 Å². The third-order valence-electron chi connectivity index (χ3n) is 4.34. The number of nitrogens with zero attached hydrogens (tertiary/aromatic N) is 1. The number of rotatable bonds is 10. The standard InChI is InChI=1S/C19H25NO6/c1-4-9-26-10-5-6-13-11-14(12-16(24-2)17(13)25-3)18(21)20-8-7-15(20)19(22)23/h4,11-12,15H,1,5-10H2,2-3H3,(H,22,23)/t15-/m1/s1. The van der Waals surface area contributed by atoms with Gasteiger partial charge < -0.3 is 24.2 Å². The van der Waals surface area contributed by atoms with Crippen molar-refractivity contribution >= 4 is 11.9 Å². The van der Waals surface area contributed by atoms with Gasteiger partial charge in [-0.25, -0.2) is 4.79 Å². The van der Waals surface area contributed by atoms with Gasteiger partial charge in [-0.15, -0.1) is 6.58 Å². The van der Waals surface area contributed by atoms with Crippen molar-refractivity contribution < 1.29 is 28.9 Å². The lowest BCUT2D eigenvalue weighted by atomic mass is 9.99. The Morgan fingerprint density at radius 1 is 1.35 bits per heavy atom. The molecule has 1 aromatic carbocycles. The Hall–Kier alpha value is -2.54. The molecule has 1 aromatic rings. The second-order valence-corrected chi connectivity index (χ2v) is 5.98. The first-order chi connectivity index (χ1) is 12.5. The van der Waals surface area contributed by atoms with Crippen LogP contribution in [0.3, 0.4) is 0 Å². The number of benzene rings is 1. The summed E-state index contributed by atoms with van der Waals surface area (Å²) in [6, 6.07) is 2.58. The number of carbonyl (C=O) groups is 2. The van der Waals surface area contributed by atoms with E-state index in [1.165, 1.54) is 12.0 Å². The smallest absolute Gasteiger partial charge is 0.326 e. The van der Waals surface area contributed by atoms with Crippen LogP contribution in [0.1, 0.15) is 28.8 Å². The lowest BCUT2D eigenvalue weighted by molar-refractivity contribution is -0.146. The number of carbonyl (C=O) groups excluding carboxylic acids is 1. The van der Waals surface area contributed by atoms with Crippen LogP contribution in [0.25, 0.3) is 0 Å². The Morgan fingerprint density at radius 2 is 2.12 bits per heavy atom. The third kappa shape index (κ3) is 4.35. The minimum absolute atomic E-state index is 0.311. The summed E-state index contributed by atoms with van der Waals surface area (Å²) in [7, 11) is 3.06. The van der Waals surface area contributed by atoms with E-state index in [4.69, 9.17) is 19.3 Å². The van der Waals surface area contributed by atoms with Gasteiger partial charge in [-0.2, -0.15) is 0 Å². The number of ether oxygens (including phenoxy) is 3. The van der Waals surface area contributed by atoms with Crippen LogP contribution in [0, 0.1) is 0 Å². The summed E-state index contributed by atoms with van der Waals surface area (Å²) in [6.45, 7) is 5.09. The fourth-order valence-electron chi connectivity index (χ4n) is 2.94. The van der Waals surface area contributed by atoms with E-state index in [0.717, 1.165) is 12.0 Å². The molecule has 0 spiro atoms. The largest absolute Gasteiger partial charge is 0.493 e. The predicted molar refractivity (Wildman–Crippen MR) is 96.0 cm³/mol. The van der Waals surface area contributed by atoms with Crippen molar-refractivity contribution in [3.05, 3.63) is 35.9 Å². The molecule has 0 saturated carbocycles. The van der Waals surface area contributed by atoms with Gasteiger partial charge in [0.15, 0.2) is 11.5 Å². The van der Waals surface area contributed by atoms with Gasteiger partial charge in [0.1, 0.15) is 6.04 Å². The molecule has 1 fully saturated rings. The molecule has 1 amide bonds.